The van der Waals surface area contributed by atoms with Gasteiger partial charge in [0.1, 0.15) is 18.5 Å². The Hall–Kier alpha value is -1.30. The third-order valence-electron chi connectivity index (χ3n) is 3.35. The number of hydrogen-bond donors (Lipinski definition) is 1. The van der Waals surface area contributed by atoms with Crippen molar-refractivity contribution in [1.29, 1.82) is 0 Å². The Bertz CT molecular complexity index is 406. The molecule has 0 amide bonds. The molecule has 2 rings (SSSR count). The standard InChI is InChI=1S/C15H24N2O3/c1-16(2)13-4-3-5-15(10-13)20-12-14(18)11-17-6-8-19-9-7-17/h3-5,10,14,18H,6-9,11-12H2,1-2H3/t14-/m0/s1. The van der Waals surface area contributed by atoms with Crippen LogP contribution in [0.3, 0.4) is 0 Å². The Morgan fingerprint density at radius 2 is 2.10 bits per heavy atom. The first kappa shape index (κ1) is 15.1. The molecule has 20 heavy (non-hydrogen) atoms. The van der Waals surface area contributed by atoms with Gasteiger partial charge in [-0.15, -0.1) is 0 Å². The Morgan fingerprint density at radius 3 is 2.80 bits per heavy atom. The smallest absolute Gasteiger partial charge is 0.121 e. The van der Waals surface area contributed by atoms with Crippen molar-refractivity contribution in [2.24, 2.45) is 0 Å². The average Bonchev–Trinajstić information content (AvgIpc) is 2.46. The highest BCUT2D eigenvalue weighted by atomic mass is 16.5. The van der Waals surface area contributed by atoms with E-state index in [1.807, 2.05) is 43.3 Å². The van der Waals surface area contributed by atoms with Gasteiger partial charge in [0.2, 0.25) is 0 Å². The molecule has 5 nitrogen and oxygen atoms in total. The van der Waals surface area contributed by atoms with Crippen LogP contribution in [0.15, 0.2) is 24.3 Å². The minimum atomic E-state index is -0.476. The van der Waals surface area contributed by atoms with Crippen molar-refractivity contribution in [3.63, 3.8) is 0 Å². The lowest BCUT2D eigenvalue weighted by Crippen LogP contribution is -2.42. The third kappa shape index (κ3) is 4.67. The van der Waals surface area contributed by atoms with Crippen LogP contribution in [0.2, 0.25) is 0 Å². The number of aliphatic hydroxyl groups is 1. The zero-order valence-corrected chi connectivity index (χ0v) is 12.3. The Morgan fingerprint density at radius 1 is 1.35 bits per heavy atom. The van der Waals surface area contributed by atoms with Gasteiger partial charge in [-0.25, -0.2) is 0 Å². The molecule has 1 fully saturated rings. The molecule has 0 saturated carbocycles. The van der Waals surface area contributed by atoms with Gasteiger partial charge in [0.25, 0.3) is 0 Å². The summed E-state index contributed by atoms with van der Waals surface area (Å²) < 4.78 is 11.0. The molecular weight excluding hydrogens is 256 g/mol. The summed E-state index contributed by atoms with van der Waals surface area (Å²) in [4.78, 5) is 4.23. The first-order chi connectivity index (χ1) is 9.65. The monoisotopic (exact) mass is 280 g/mol. The number of morpholine rings is 1. The van der Waals surface area contributed by atoms with Gasteiger partial charge < -0.3 is 19.5 Å². The summed E-state index contributed by atoms with van der Waals surface area (Å²) in [7, 11) is 3.98. The Balaban J connectivity index is 1.77. The molecule has 1 aromatic rings. The van der Waals surface area contributed by atoms with E-state index in [0.29, 0.717) is 13.2 Å². The highest BCUT2D eigenvalue weighted by Crippen LogP contribution is 2.19. The fourth-order valence-electron chi connectivity index (χ4n) is 2.18. The van der Waals surface area contributed by atoms with Gasteiger partial charge in [0, 0.05) is 45.5 Å². The number of benzene rings is 1. The van der Waals surface area contributed by atoms with Crippen molar-refractivity contribution in [3.8, 4) is 5.75 Å². The van der Waals surface area contributed by atoms with E-state index in [2.05, 4.69) is 4.90 Å². The molecule has 1 atom stereocenters. The molecule has 1 N–H and O–H groups in total. The van der Waals surface area contributed by atoms with E-state index in [4.69, 9.17) is 9.47 Å². The lowest BCUT2D eigenvalue weighted by atomic mass is 10.3. The largest absolute Gasteiger partial charge is 0.491 e. The maximum Gasteiger partial charge on any atom is 0.121 e. The van der Waals surface area contributed by atoms with Gasteiger partial charge in [-0.2, -0.15) is 0 Å². The van der Waals surface area contributed by atoms with E-state index in [1.54, 1.807) is 0 Å². The summed E-state index contributed by atoms with van der Waals surface area (Å²) in [6, 6.07) is 7.87. The molecule has 0 bridgehead atoms. The minimum absolute atomic E-state index is 0.314. The number of hydrogen-bond acceptors (Lipinski definition) is 5. The van der Waals surface area contributed by atoms with Crippen LogP contribution in [0.4, 0.5) is 5.69 Å². The van der Waals surface area contributed by atoms with E-state index in [9.17, 15) is 5.11 Å². The van der Waals surface area contributed by atoms with E-state index in [0.717, 1.165) is 37.7 Å². The van der Waals surface area contributed by atoms with Crippen molar-refractivity contribution in [3.05, 3.63) is 24.3 Å². The number of β-amino-alcohol motifs (C(OH)–C–C–N with tert-alkyl or cyclic N) is 1. The second-order valence-electron chi connectivity index (χ2n) is 5.27. The van der Waals surface area contributed by atoms with Crippen molar-refractivity contribution in [2.45, 2.75) is 6.10 Å². The molecule has 1 aromatic carbocycles. The number of anilines is 1. The molecule has 1 heterocycles. The normalized spacial score (nSPS) is 17.8. The van der Waals surface area contributed by atoms with Gasteiger partial charge in [0.15, 0.2) is 0 Å². The van der Waals surface area contributed by atoms with Gasteiger partial charge in [-0.1, -0.05) is 6.07 Å². The van der Waals surface area contributed by atoms with Crippen LogP contribution in [0, 0.1) is 0 Å². The summed E-state index contributed by atoms with van der Waals surface area (Å²) in [5, 5.41) is 10.0. The van der Waals surface area contributed by atoms with Gasteiger partial charge >= 0.3 is 0 Å². The molecular formula is C15H24N2O3. The van der Waals surface area contributed by atoms with Gasteiger partial charge in [-0.3, -0.25) is 4.90 Å². The summed E-state index contributed by atoms with van der Waals surface area (Å²) >= 11 is 0. The topological polar surface area (TPSA) is 45.2 Å². The molecule has 0 unspecified atom stereocenters. The quantitative estimate of drug-likeness (QED) is 0.836. The molecule has 112 valence electrons. The van der Waals surface area contributed by atoms with E-state index in [1.165, 1.54) is 0 Å². The molecule has 0 radical (unpaired) electrons. The molecule has 0 aromatic heterocycles. The maximum absolute atomic E-state index is 10.0. The van der Waals surface area contributed by atoms with E-state index < -0.39 is 6.10 Å². The number of ether oxygens (including phenoxy) is 2. The average molecular weight is 280 g/mol. The van der Waals surface area contributed by atoms with Crippen molar-refractivity contribution < 1.29 is 14.6 Å². The second-order valence-corrected chi connectivity index (χ2v) is 5.27. The van der Waals surface area contributed by atoms with Gasteiger partial charge in [-0.05, 0) is 12.1 Å². The number of aliphatic hydroxyl groups excluding tert-OH is 1. The molecule has 0 aliphatic carbocycles. The van der Waals surface area contributed by atoms with Crippen LogP contribution in [-0.2, 0) is 4.74 Å². The zero-order chi connectivity index (χ0) is 14.4. The summed E-state index contributed by atoms with van der Waals surface area (Å²) in [5.41, 5.74) is 1.09. The predicted octanol–water partition coefficient (Wildman–Crippen LogP) is 0.824. The number of nitrogens with zero attached hydrogens (tertiary/aromatic N) is 2. The fraction of sp³-hybridized carbons (Fsp3) is 0.600. The SMILES string of the molecule is CN(C)c1cccc(OC[C@@H](O)CN2CCOCC2)c1. The highest BCUT2D eigenvalue weighted by Gasteiger charge is 2.15. The first-order valence-corrected chi connectivity index (χ1v) is 7.03. The highest BCUT2D eigenvalue weighted by molar-refractivity contribution is 5.49. The van der Waals surface area contributed by atoms with Crippen molar-refractivity contribution in [2.75, 3.05) is 58.5 Å². The summed E-state index contributed by atoms with van der Waals surface area (Å²) in [5.74, 6) is 0.789. The lowest BCUT2D eigenvalue weighted by molar-refractivity contribution is 0.00466. The van der Waals surface area contributed by atoms with Crippen LogP contribution in [-0.4, -0.2) is 69.7 Å². The van der Waals surface area contributed by atoms with E-state index in [-0.39, 0.29) is 0 Å². The Kier molecular flexibility index (Phi) is 5.64. The Labute approximate surface area is 120 Å². The van der Waals surface area contributed by atoms with Gasteiger partial charge in [0.05, 0.1) is 13.2 Å². The summed E-state index contributed by atoms with van der Waals surface area (Å²) in [6.45, 7) is 4.21. The number of rotatable bonds is 6. The van der Waals surface area contributed by atoms with Crippen LogP contribution < -0.4 is 9.64 Å². The second kappa shape index (κ2) is 7.47. The molecule has 5 heteroatoms. The van der Waals surface area contributed by atoms with Crippen LogP contribution >= 0.6 is 0 Å². The van der Waals surface area contributed by atoms with Crippen molar-refractivity contribution >= 4 is 5.69 Å². The zero-order valence-electron chi connectivity index (χ0n) is 12.3. The lowest BCUT2D eigenvalue weighted by Gasteiger charge is -2.28. The van der Waals surface area contributed by atoms with E-state index >= 15 is 0 Å². The molecule has 1 saturated heterocycles. The maximum atomic E-state index is 10.0. The fourth-order valence-corrected chi connectivity index (χ4v) is 2.18. The van der Waals surface area contributed by atoms with Crippen LogP contribution in [0.5, 0.6) is 5.75 Å². The molecule has 0 spiro atoms. The first-order valence-electron chi connectivity index (χ1n) is 7.03. The predicted molar refractivity (Wildman–Crippen MR) is 79.5 cm³/mol. The molecule has 1 aliphatic heterocycles. The molecule has 1 aliphatic rings. The third-order valence-corrected chi connectivity index (χ3v) is 3.35. The van der Waals surface area contributed by atoms with Crippen LogP contribution in [0.1, 0.15) is 0 Å². The summed E-state index contributed by atoms with van der Waals surface area (Å²) in [6.07, 6.45) is -0.476. The minimum Gasteiger partial charge on any atom is -0.491 e. The van der Waals surface area contributed by atoms with Crippen molar-refractivity contribution in [1.82, 2.24) is 4.90 Å². The van der Waals surface area contributed by atoms with Crippen LogP contribution in [0.25, 0.3) is 0 Å².